The average Bonchev–Trinajstić information content (AvgIpc) is 2.80. The van der Waals surface area contributed by atoms with Crippen molar-refractivity contribution in [3.63, 3.8) is 0 Å². The van der Waals surface area contributed by atoms with Crippen LogP contribution in [0.2, 0.25) is 0 Å². The summed E-state index contributed by atoms with van der Waals surface area (Å²) in [6.07, 6.45) is -3.46. The van der Waals surface area contributed by atoms with Crippen molar-refractivity contribution in [3.8, 4) is 17.1 Å². The van der Waals surface area contributed by atoms with Crippen LogP contribution in [0, 0.1) is 0 Å². The number of rotatable bonds is 6. The van der Waals surface area contributed by atoms with Crippen LogP contribution in [0.4, 0.5) is 24.8 Å². The van der Waals surface area contributed by atoms with Crippen molar-refractivity contribution >= 4 is 17.5 Å². The standard InChI is InChI=1S/C21H19F3N6O3/c22-21(23,24)33-17-6-4-16(5-7-17)27-20-26-13-25-18(28-20)14-2-1-3-15(12-14)19(31)29-30-8-10-32-11-9-30/h1-7,12-13H,8-11H2,(H,29,31)(H,25,26,27,28). The summed E-state index contributed by atoms with van der Waals surface area (Å²) in [5.74, 6) is -0.0814. The van der Waals surface area contributed by atoms with Gasteiger partial charge in [0.15, 0.2) is 5.82 Å². The normalized spacial score (nSPS) is 14.5. The van der Waals surface area contributed by atoms with E-state index in [-0.39, 0.29) is 17.6 Å². The van der Waals surface area contributed by atoms with Crippen LogP contribution < -0.4 is 15.5 Å². The number of hydrogen-bond donors (Lipinski definition) is 2. The van der Waals surface area contributed by atoms with Gasteiger partial charge in [-0.2, -0.15) is 4.98 Å². The van der Waals surface area contributed by atoms with E-state index in [4.69, 9.17) is 4.74 Å². The molecule has 0 atom stereocenters. The summed E-state index contributed by atoms with van der Waals surface area (Å²) in [5.41, 5.74) is 4.34. The predicted octanol–water partition coefficient (Wildman–Crippen LogP) is 3.16. The molecule has 0 aliphatic carbocycles. The van der Waals surface area contributed by atoms with Crippen LogP contribution in [-0.2, 0) is 4.74 Å². The maximum absolute atomic E-state index is 12.6. The molecular weight excluding hydrogens is 441 g/mol. The number of aromatic nitrogens is 3. The number of nitrogens with one attached hydrogen (secondary N) is 2. The Bertz CT molecular complexity index is 1100. The SMILES string of the molecule is O=C(NN1CCOCC1)c1cccc(-c2ncnc(Nc3ccc(OC(F)(F)F)cc3)n2)c1. The minimum Gasteiger partial charge on any atom is -0.406 e. The van der Waals surface area contributed by atoms with E-state index in [0.717, 1.165) is 0 Å². The molecule has 1 aromatic heterocycles. The Morgan fingerprint density at radius 2 is 1.82 bits per heavy atom. The van der Waals surface area contributed by atoms with Gasteiger partial charge < -0.3 is 14.8 Å². The summed E-state index contributed by atoms with van der Waals surface area (Å²) in [4.78, 5) is 25.1. The molecule has 2 heterocycles. The van der Waals surface area contributed by atoms with Crippen LogP contribution in [0.5, 0.6) is 5.75 Å². The number of carbonyl (C=O) groups excluding carboxylic acids is 1. The molecule has 0 radical (unpaired) electrons. The van der Waals surface area contributed by atoms with Crippen molar-refractivity contribution in [2.24, 2.45) is 0 Å². The van der Waals surface area contributed by atoms with Crippen LogP contribution in [0.15, 0.2) is 54.9 Å². The molecule has 2 aromatic carbocycles. The van der Waals surface area contributed by atoms with Crippen LogP contribution in [0.25, 0.3) is 11.4 Å². The maximum Gasteiger partial charge on any atom is 0.573 e. The number of hydrazine groups is 1. The molecule has 1 fully saturated rings. The molecule has 0 bridgehead atoms. The number of nitrogens with zero attached hydrogens (tertiary/aromatic N) is 4. The second-order valence-corrected chi connectivity index (χ2v) is 6.95. The third kappa shape index (κ3) is 6.37. The number of ether oxygens (including phenoxy) is 2. The van der Waals surface area contributed by atoms with E-state index in [2.05, 4.69) is 30.4 Å². The molecule has 0 spiro atoms. The van der Waals surface area contributed by atoms with Crippen LogP contribution in [0.1, 0.15) is 10.4 Å². The molecule has 3 aromatic rings. The third-order valence-electron chi connectivity index (χ3n) is 4.57. The summed E-state index contributed by atoms with van der Waals surface area (Å²) in [5, 5.41) is 4.70. The molecule has 1 aliphatic heterocycles. The fraction of sp³-hybridized carbons (Fsp3) is 0.238. The predicted molar refractivity (Wildman–Crippen MR) is 112 cm³/mol. The number of hydrogen-bond acceptors (Lipinski definition) is 8. The van der Waals surface area contributed by atoms with Crippen LogP contribution >= 0.6 is 0 Å². The Labute approximate surface area is 186 Å². The molecule has 1 amide bonds. The highest BCUT2D eigenvalue weighted by atomic mass is 19.4. The van der Waals surface area contributed by atoms with Crippen molar-refractivity contribution in [3.05, 3.63) is 60.4 Å². The first-order chi connectivity index (χ1) is 15.9. The largest absolute Gasteiger partial charge is 0.573 e. The van der Waals surface area contributed by atoms with Gasteiger partial charge in [0, 0.05) is 29.9 Å². The zero-order valence-corrected chi connectivity index (χ0v) is 17.2. The second-order valence-electron chi connectivity index (χ2n) is 6.95. The zero-order valence-electron chi connectivity index (χ0n) is 17.2. The number of benzene rings is 2. The molecule has 0 unspecified atom stereocenters. The Morgan fingerprint density at radius 1 is 1.06 bits per heavy atom. The topological polar surface area (TPSA) is 102 Å². The van der Waals surface area contributed by atoms with Crippen molar-refractivity contribution < 1.29 is 27.4 Å². The third-order valence-corrected chi connectivity index (χ3v) is 4.57. The second kappa shape index (κ2) is 9.79. The van der Waals surface area contributed by atoms with E-state index in [1.807, 2.05) is 0 Å². The van der Waals surface area contributed by atoms with E-state index in [9.17, 15) is 18.0 Å². The summed E-state index contributed by atoms with van der Waals surface area (Å²) < 4.78 is 46.0. The molecule has 2 N–H and O–H groups in total. The highest BCUT2D eigenvalue weighted by Gasteiger charge is 2.31. The summed E-state index contributed by atoms with van der Waals surface area (Å²) in [6.45, 7) is 2.33. The molecule has 4 rings (SSSR count). The van der Waals surface area contributed by atoms with Gasteiger partial charge in [-0.05, 0) is 36.4 Å². The molecule has 172 valence electrons. The first-order valence-corrected chi connectivity index (χ1v) is 9.92. The van der Waals surface area contributed by atoms with Crippen LogP contribution in [-0.4, -0.2) is 58.5 Å². The molecule has 33 heavy (non-hydrogen) atoms. The fourth-order valence-electron chi connectivity index (χ4n) is 3.05. The summed E-state index contributed by atoms with van der Waals surface area (Å²) in [6, 6.07) is 12.0. The van der Waals surface area contributed by atoms with Gasteiger partial charge in [-0.15, -0.1) is 13.2 Å². The number of carbonyl (C=O) groups is 1. The van der Waals surface area contributed by atoms with Gasteiger partial charge in [0.1, 0.15) is 12.1 Å². The molecule has 12 heteroatoms. The number of halogens is 3. The van der Waals surface area contributed by atoms with Gasteiger partial charge >= 0.3 is 6.36 Å². The van der Waals surface area contributed by atoms with Gasteiger partial charge in [0.25, 0.3) is 5.91 Å². The fourth-order valence-corrected chi connectivity index (χ4v) is 3.05. The van der Waals surface area contributed by atoms with Crippen molar-refractivity contribution in [2.75, 3.05) is 31.6 Å². The van der Waals surface area contributed by atoms with Gasteiger partial charge in [-0.1, -0.05) is 12.1 Å². The van der Waals surface area contributed by atoms with E-state index in [0.29, 0.717) is 48.9 Å². The zero-order chi connectivity index (χ0) is 23.3. The van der Waals surface area contributed by atoms with Gasteiger partial charge in [-0.3, -0.25) is 10.2 Å². The first kappa shape index (κ1) is 22.4. The van der Waals surface area contributed by atoms with E-state index >= 15 is 0 Å². The minimum absolute atomic E-state index is 0.188. The molecule has 0 saturated carbocycles. The number of alkyl halides is 3. The van der Waals surface area contributed by atoms with Crippen molar-refractivity contribution in [1.29, 1.82) is 0 Å². The molecule has 1 aliphatic rings. The lowest BCUT2D eigenvalue weighted by Gasteiger charge is -2.26. The number of morpholine rings is 1. The van der Waals surface area contributed by atoms with Crippen molar-refractivity contribution in [2.45, 2.75) is 6.36 Å². The van der Waals surface area contributed by atoms with Crippen molar-refractivity contribution in [1.82, 2.24) is 25.4 Å². The maximum atomic E-state index is 12.6. The molecule has 1 saturated heterocycles. The number of anilines is 2. The van der Waals surface area contributed by atoms with E-state index < -0.39 is 6.36 Å². The van der Waals surface area contributed by atoms with Gasteiger partial charge in [0.05, 0.1) is 13.2 Å². The Balaban J connectivity index is 1.45. The highest BCUT2D eigenvalue weighted by Crippen LogP contribution is 2.25. The Morgan fingerprint density at radius 3 is 2.55 bits per heavy atom. The van der Waals surface area contributed by atoms with Gasteiger partial charge in [0.2, 0.25) is 5.95 Å². The smallest absolute Gasteiger partial charge is 0.406 e. The highest BCUT2D eigenvalue weighted by molar-refractivity contribution is 5.94. The number of amides is 1. The quantitative estimate of drug-likeness (QED) is 0.579. The lowest BCUT2D eigenvalue weighted by atomic mass is 10.1. The lowest BCUT2D eigenvalue weighted by molar-refractivity contribution is -0.274. The van der Waals surface area contributed by atoms with Crippen LogP contribution in [0.3, 0.4) is 0 Å². The summed E-state index contributed by atoms with van der Waals surface area (Å²) >= 11 is 0. The minimum atomic E-state index is -4.76. The first-order valence-electron chi connectivity index (χ1n) is 9.92. The molecular formula is C21H19F3N6O3. The summed E-state index contributed by atoms with van der Waals surface area (Å²) in [7, 11) is 0. The molecule has 9 nitrogen and oxygen atoms in total. The average molecular weight is 460 g/mol. The van der Waals surface area contributed by atoms with Gasteiger partial charge in [-0.25, -0.2) is 15.0 Å². The Kier molecular flexibility index (Phi) is 6.66. The Hall–Kier alpha value is -3.77. The monoisotopic (exact) mass is 460 g/mol. The van der Waals surface area contributed by atoms with E-state index in [1.54, 1.807) is 29.3 Å². The lowest BCUT2D eigenvalue weighted by Crippen LogP contribution is -2.48. The van der Waals surface area contributed by atoms with E-state index in [1.165, 1.54) is 30.6 Å².